The Bertz CT molecular complexity index is 938. The third-order valence-corrected chi connectivity index (χ3v) is 3.29. The standard InChI is InChI=1S/C20H18N2O2/c1-20(2,3)24-19(23)22-14-15(17-9-4-5-10-18(17)22)11-12-16-8-6-7-13-21-16/h4-10,13-14H,1-3H3. The first-order valence-electron chi connectivity index (χ1n) is 7.70. The van der Waals surface area contributed by atoms with Crippen molar-refractivity contribution in [2.24, 2.45) is 0 Å². The third-order valence-electron chi connectivity index (χ3n) is 3.29. The maximum absolute atomic E-state index is 12.4. The lowest BCUT2D eigenvalue weighted by Gasteiger charge is -2.19. The van der Waals surface area contributed by atoms with Crippen LogP contribution in [0.3, 0.4) is 0 Å². The fourth-order valence-electron chi connectivity index (χ4n) is 2.31. The van der Waals surface area contributed by atoms with Gasteiger partial charge in [0.15, 0.2) is 0 Å². The number of para-hydroxylation sites is 1. The van der Waals surface area contributed by atoms with Gasteiger partial charge in [0, 0.05) is 17.8 Å². The monoisotopic (exact) mass is 318 g/mol. The molecule has 0 saturated carbocycles. The number of hydrogen-bond acceptors (Lipinski definition) is 3. The van der Waals surface area contributed by atoms with E-state index in [0.29, 0.717) is 5.69 Å². The molecule has 0 radical (unpaired) electrons. The van der Waals surface area contributed by atoms with Gasteiger partial charge < -0.3 is 4.74 Å². The van der Waals surface area contributed by atoms with E-state index < -0.39 is 11.7 Å². The Kier molecular flexibility index (Phi) is 4.09. The summed E-state index contributed by atoms with van der Waals surface area (Å²) in [6.45, 7) is 5.54. The lowest BCUT2D eigenvalue weighted by Crippen LogP contribution is -2.26. The van der Waals surface area contributed by atoms with Gasteiger partial charge in [-0.15, -0.1) is 0 Å². The highest BCUT2D eigenvalue weighted by Gasteiger charge is 2.20. The van der Waals surface area contributed by atoms with Crippen LogP contribution in [0, 0.1) is 11.8 Å². The SMILES string of the molecule is CC(C)(C)OC(=O)n1cc(C#Cc2ccccn2)c2ccccc21. The van der Waals surface area contributed by atoms with Crippen LogP contribution in [0.25, 0.3) is 10.9 Å². The number of benzene rings is 1. The third kappa shape index (κ3) is 3.47. The van der Waals surface area contributed by atoms with Gasteiger partial charge in [0.1, 0.15) is 11.3 Å². The van der Waals surface area contributed by atoms with Crippen molar-refractivity contribution in [1.29, 1.82) is 0 Å². The van der Waals surface area contributed by atoms with Crippen LogP contribution in [0.5, 0.6) is 0 Å². The number of hydrogen-bond donors (Lipinski definition) is 0. The first kappa shape index (κ1) is 15.8. The van der Waals surface area contributed by atoms with Gasteiger partial charge in [-0.3, -0.25) is 4.57 Å². The molecule has 0 fully saturated rings. The van der Waals surface area contributed by atoms with E-state index in [1.807, 2.05) is 63.2 Å². The minimum Gasteiger partial charge on any atom is -0.443 e. The van der Waals surface area contributed by atoms with E-state index in [-0.39, 0.29) is 0 Å². The van der Waals surface area contributed by atoms with Crippen molar-refractivity contribution in [2.75, 3.05) is 0 Å². The smallest absolute Gasteiger partial charge is 0.419 e. The molecule has 4 heteroatoms. The summed E-state index contributed by atoms with van der Waals surface area (Å²) < 4.78 is 6.97. The molecule has 0 N–H and O–H groups in total. The molecule has 3 aromatic rings. The van der Waals surface area contributed by atoms with E-state index in [4.69, 9.17) is 4.74 Å². The topological polar surface area (TPSA) is 44.1 Å². The molecular weight excluding hydrogens is 300 g/mol. The van der Waals surface area contributed by atoms with Crippen LogP contribution in [0.4, 0.5) is 4.79 Å². The van der Waals surface area contributed by atoms with Gasteiger partial charge in [0.25, 0.3) is 0 Å². The summed E-state index contributed by atoms with van der Waals surface area (Å²) in [4.78, 5) is 16.6. The van der Waals surface area contributed by atoms with Crippen molar-refractivity contribution in [1.82, 2.24) is 9.55 Å². The summed E-state index contributed by atoms with van der Waals surface area (Å²) in [5.41, 5.74) is 1.67. The molecule has 2 heterocycles. The molecule has 0 aliphatic carbocycles. The summed E-state index contributed by atoms with van der Waals surface area (Å²) in [7, 11) is 0. The summed E-state index contributed by atoms with van der Waals surface area (Å²) in [6, 6.07) is 13.2. The Hall–Kier alpha value is -3.06. The van der Waals surface area contributed by atoms with Crippen LogP contribution < -0.4 is 0 Å². The second-order valence-electron chi connectivity index (χ2n) is 6.38. The average Bonchev–Trinajstić information content (AvgIpc) is 2.91. The molecule has 2 aromatic heterocycles. The molecule has 3 rings (SSSR count). The Morgan fingerprint density at radius 1 is 1.08 bits per heavy atom. The highest BCUT2D eigenvalue weighted by atomic mass is 16.6. The number of carbonyl (C=O) groups excluding carboxylic acids is 1. The quantitative estimate of drug-likeness (QED) is 0.583. The van der Waals surface area contributed by atoms with Gasteiger partial charge >= 0.3 is 6.09 Å². The average molecular weight is 318 g/mol. The van der Waals surface area contributed by atoms with Gasteiger partial charge in [-0.1, -0.05) is 30.2 Å². The molecule has 0 bridgehead atoms. The van der Waals surface area contributed by atoms with Gasteiger partial charge in [-0.2, -0.15) is 0 Å². The number of fused-ring (bicyclic) bond motifs is 1. The zero-order valence-electron chi connectivity index (χ0n) is 13.9. The van der Waals surface area contributed by atoms with Crippen LogP contribution in [0.2, 0.25) is 0 Å². The molecule has 24 heavy (non-hydrogen) atoms. The molecule has 0 saturated heterocycles. The Morgan fingerprint density at radius 2 is 1.83 bits per heavy atom. The van der Waals surface area contributed by atoms with Crippen molar-refractivity contribution in [2.45, 2.75) is 26.4 Å². The first-order valence-corrected chi connectivity index (χ1v) is 7.70. The minimum absolute atomic E-state index is 0.412. The van der Waals surface area contributed by atoms with Crippen molar-refractivity contribution < 1.29 is 9.53 Å². The van der Waals surface area contributed by atoms with E-state index in [1.54, 1.807) is 12.4 Å². The first-order chi connectivity index (χ1) is 11.4. The Morgan fingerprint density at radius 3 is 2.54 bits per heavy atom. The number of ether oxygens (including phenoxy) is 1. The van der Waals surface area contributed by atoms with Crippen molar-refractivity contribution in [3.05, 3.63) is 66.1 Å². The maximum Gasteiger partial charge on any atom is 0.419 e. The Balaban J connectivity index is 2.04. The van der Waals surface area contributed by atoms with Gasteiger partial charge in [0.05, 0.1) is 11.1 Å². The van der Waals surface area contributed by atoms with Crippen molar-refractivity contribution >= 4 is 17.0 Å². The predicted molar refractivity (Wildman–Crippen MR) is 93.8 cm³/mol. The number of rotatable bonds is 0. The van der Waals surface area contributed by atoms with E-state index in [0.717, 1.165) is 16.5 Å². The lowest BCUT2D eigenvalue weighted by atomic mass is 10.2. The number of carbonyl (C=O) groups is 1. The van der Waals surface area contributed by atoms with Crippen LogP contribution >= 0.6 is 0 Å². The molecule has 4 nitrogen and oxygen atoms in total. The zero-order valence-corrected chi connectivity index (χ0v) is 13.9. The summed E-state index contributed by atoms with van der Waals surface area (Å²) in [5, 5.41) is 0.909. The van der Waals surface area contributed by atoms with Crippen molar-refractivity contribution in [3.63, 3.8) is 0 Å². The second-order valence-corrected chi connectivity index (χ2v) is 6.38. The van der Waals surface area contributed by atoms with E-state index in [9.17, 15) is 4.79 Å². The van der Waals surface area contributed by atoms with Gasteiger partial charge in [-0.25, -0.2) is 9.78 Å². The summed E-state index contributed by atoms with van der Waals surface area (Å²) >= 11 is 0. The molecule has 120 valence electrons. The van der Waals surface area contributed by atoms with Crippen LogP contribution in [0.1, 0.15) is 32.0 Å². The number of aromatic nitrogens is 2. The van der Waals surface area contributed by atoms with E-state index >= 15 is 0 Å². The van der Waals surface area contributed by atoms with Crippen LogP contribution in [0.15, 0.2) is 54.9 Å². The molecule has 0 atom stereocenters. The molecule has 0 spiro atoms. The lowest BCUT2D eigenvalue weighted by molar-refractivity contribution is 0.0544. The fraction of sp³-hybridized carbons (Fsp3) is 0.200. The number of pyridine rings is 1. The molecule has 0 amide bonds. The molecule has 0 unspecified atom stereocenters. The highest BCUT2D eigenvalue weighted by molar-refractivity contribution is 5.93. The van der Waals surface area contributed by atoms with E-state index in [2.05, 4.69) is 16.8 Å². The van der Waals surface area contributed by atoms with Crippen molar-refractivity contribution in [3.8, 4) is 11.8 Å². The summed E-state index contributed by atoms with van der Waals surface area (Å²) in [5.74, 6) is 6.13. The summed E-state index contributed by atoms with van der Waals surface area (Å²) in [6.07, 6.45) is 3.01. The van der Waals surface area contributed by atoms with Gasteiger partial charge in [-0.05, 0) is 44.9 Å². The number of nitrogens with zero attached hydrogens (tertiary/aromatic N) is 2. The molecular formula is C20H18N2O2. The van der Waals surface area contributed by atoms with Crippen LogP contribution in [-0.4, -0.2) is 21.2 Å². The van der Waals surface area contributed by atoms with Crippen LogP contribution in [-0.2, 0) is 4.74 Å². The van der Waals surface area contributed by atoms with Gasteiger partial charge in [0.2, 0.25) is 0 Å². The largest absolute Gasteiger partial charge is 0.443 e. The highest BCUT2D eigenvalue weighted by Crippen LogP contribution is 2.22. The predicted octanol–water partition coefficient (Wildman–Crippen LogP) is 4.22. The maximum atomic E-state index is 12.4. The Labute approximate surface area is 141 Å². The molecule has 0 aliphatic rings. The fourth-order valence-corrected chi connectivity index (χ4v) is 2.31. The van der Waals surface area contributed by atoms with E-state index in [1.165, 1.54) is 4.57 Å². The zero-order chi connectivity index (χ0) is 17.2. The molecule has 0 aliphatic heterocycles. The molecule has 1 aromatic carbocycles. The normalized spacial score (nSPS) is 11.0. The minimum atomic E-state index is -0.553. The second kappa shape index (κ2) is 6.21.